The van der Waals surface area contributed by atoms with Gasteiger partial charge in [-0.05, 0) is 39.5 Å². The van der Waals surface area contributed by atoms with Crippen LogP contribution in [0.1, 0.15) is 48.2 Å². The van der Waals surface area contributed by atoms with Crippen LogP contribution < -0.4 is 10.6 Å². The van der Waals surface area contributed by atoms with E-state index < -0.39 is 0 Å². The second-order valence-corrected chi connectivity index (χ2v) is 6.74. The molecule has 0 radical (unpaired) electrons. The van der Waals surface area contributed by atoms with Crippen molar-refractivity contribution in [3.8, 4) is 0 Å². The van der Waals surface area contributed by atoms with Gasteiger partial charge in [0.2, 0.25) is 0 Å². The Balaban J connectivity index is 0.00000220. The zero-order chi connectivity index (χ0) is 14.4. The number of aliphatic imine (C=N–C) groups is 1. The van der Waals surface area contributed by atoms with Gasteiger partial charge in [0, 0.05) is 18.0 Å². The third kappa shape index (κ3) is 6.95. The minimum atomic E-state index is 0. The molecule has 0 bridgehead atoms. The molecule has 1 aliphatic rings. The van der Waals surface area contributed by atoms with Gasteiger partial charge in [0.05, 0.1) is 12.2 Å². The Morgan fingerprint density at radius 1 is 1.33 bits per heavy atom. The number of aromatic nitrogens is 1. The third-order valence-corrected chi connectivity index (χ3v) is 4.63. The monoisotopic (exact) mass is 422 g/mol. The van der Waals surface area contributed by atoms with Crippen LogP contribution in [0.3, 0.4) is 0 Å². The Morgan fingerprint density at radius 2 is 2.10 bits per heavy atom. The summed E-state index contributed by atoms with van der Waals surface area (Å²) in [6.07, 6.45) is 5.48. The summed E-state index contributed by atoms with van der Waals surface area (Å²) in [7, 11) is 0. The van der Waals surface area contributed by atoms with Crippen LogP contribution in [-0.4, -0.2) is 24.0 Å². The highest BCUT2D eigenvalue weighted by Crippen LogP contribution is 2.33. The van der Waals surface area contributed by atoms with Crippen LogP contribution in [0, 0.1) is 19.8 Å². The maximum absolute atomic E-state index is 4.61. The smallest absolute Gasteiger partial charge is 0.191 e. The molecule has 1 aromatic heterocycles. The van der Waals surface area contributed by atoms with Crippen molar-refractivity contribution >= 4 is 41.3 Å². The summed E-state index contributed by atoms with van der Waals surface area (Å²) in [5.41, 5.74) is 1.13. The lowest BCUT2D eigenvalue weighted by Gasteiger charge is -2.10. The van der Waals surface area contributed by atoms with Crippen LogP contribution in [0.25, 0.3) is 0 Å². The van der Waals surface area contributed by atoms with E-state index in [1.54, 1.807) is 11.3 Å². The van der Waals surface area contributed by atoms with Gasteiger partial charge >= 0.3 is 0 Å². The number of hydrogen-bond donors (Lipinski definition) is 2. The molecule has 0 aliphatic heterocycles. The highest BCUT2D eigenvalue weighted by molar-refractivity contribution is 14.0. The van der Waals surface area contributed by atoms with Crippen molar-refractivity contribution in [3.05, 3.63) is 15.6 Å². The average molecular weight is 422 g/mol. The SMILES string of the molecule is CCNC(=NCc1nc(C)c(C)s1)NCCCC1CC1.I. The first-order chi connectivity index (χ1) is 9.69. The van der Waals surface area contributed by atoms with Crippen LogP contribution >= 0.6 is 35.3 Å². The van der Waals surface area contributed by atoms with Crippen LogP contribution in [0.2, 0.25) is 0 Å². The maximum atomic E-state index is 4.61. The average Bonchev–Trinajstić information content (AvgIpc) is 3.18. The van der Waals surface area contributed by atoms with E-state index in [0.29, 0.717) is 6.54 Å². The molecule has 0 spiro atoms. The molecule has 1 aliphatic carbocycles. The standard InChI is InChI=1S/C15H26N4S.HI/c1-4-16-15(17-9-5-6-13-7-8-13)18-10-14-19-11(2)12(3)20-14;/h13H,4-10H2,1-3H3,(H2,16,17,18);1H. The van der Waals surface area contributed by atoms with E-state index in [4.69, 9.17) is 0 Å². The fourth-order valence-corrected chi connectivity index (χ4v) is 2.96. The lowest BCUT2D eigenvalue weighted by atomic mass is 10.2. The molecule has 0 atom stereocenters. The van der Waals surface area contributed by atoms with E-state index >= 15 is 0 Å². The second kappa shape index (κ2) is 9.61. The van der Waals surface area contributed by atoms with Gasteiger partial charge in [-0.15, -0.1) is 35.3 Å². The molecule has 1 saturated carbocycles. The summed E-state index contributed by atoms with van der Waals surface area (Å²) < 4.78 is 0. The molecule has 6 heteroatoms. The zero-order valence-corrected chi connectivity index (χ0v) is 16.4. The summed E-state index contributed by atoms with van der Waals surface area (Å²) >= 11 is 1.74. The van der Waals surface area contributed by atoms with E-state index in [9.17, 15) is 0 Å². The highest BCUT2D eigenvalue weighted by Gasteiger charge is 2.19. The molecule has 1 fully saturated rings. The van der Waals surface area contributed by atoms with E-state index in [1.807, 2.05) is 0 Å². The van der Waals surface area contributed by atoms with Crippen LogP contribution in [0.15, 0.2) is 4.99 Å². The van der Waals surface area contributed by atoms with E-state index in [1.165, 1.54) is 30.6 Å². The number of aryl methyl sites for hydroxylation is 2. The molecule has 0 saturated heterocycles. The number of rotatable bonds is 7. The van der Waals surface area contributed by atoms with Gasteiger partial charge in [-0.1, -0.05) is 12.8 Å². The number of nitrogens with one attached hydrogen (secondary N) is 2. The first-order valence-corrected chi connectivity index (χ1v) is 8.45. The lowest BCUT2D eigenvalue weighted by molar-refractivity contribution is 0.645. The Labute approximate surface area is 149 Å². The molecule has 0 amide bonds. The predicted molar refractivity (Wildman–Crippen MR) is 102 cm³/mol. The predicted octanol–water partition coefficient (Wildman–Crippen LogP) is 3.62. The van der Waals surface area contributed by atoms with Gasteiger partial charge in [-0.25, -0.2) is 9.98 Å². The molecule has 1 aromatic rings. The fraction of sp³-hybridized carbons (Fsp3) is 0.733. The van der Waals surface area contributed by atoms with Crippen LogP contribution in [0.4, 0.5) is 0 Å². The Bertz CT molecular complexity index is 435. The van der Waals surface area contributed by atoms with Gasteiger partial charge in [0.15, 0.2) is 5.96 Å². The zero-order valence-electron chi connectivity index (χ0n) is 13.2. The van der Waals surface area contributed by atoms with Crippen LogP contribution in [-0.2, 0) is 6.54 Å². The van der Waals surface area contributed by atoms with Gasteiger partial charge in [-0.2, -0.15) is 0 Å². The molecule has 21 heavy (non-hydrogen) atoms. The number of thiazole rings is 1. The van der Waals surface area contributed by atoms with Crippen molar-refractivity contribution < 1.29 is 0 Å². The summed E-state index contributed by atoms with van der Waals surface area (Å²) in [6.45, 7) is 8.83. The molecule has 0 aromatic carbocycles. The van der Waals surface area contributed by atoms with Gasteiger partial charge in [0.1, 0.15) is 5.01 Å². The molecule has 0 unspecified atom stereocenters. The molecule has 4 nitrogen and oxygen atoms in total. The molecular weight excluding hydrogens is 395 g/mol. The highest BCUT2D eigenvalue weighted by atomic mass is 127. The summed E-state index contributed by atoms with van der Waals surface area (Å²) in [5, 5.41) is 7.80. The van der Waals surface area contributed by atoms with Crippen molar-refractivity contribution in [1.82, 2.24) is 15.6 Å². The first kappa shape index (κ1) is 18.7. The van der Waals surface area contributed by atoms with Crippen molar-refractivity contribution in [2.24, 2.45) is 10.9 Å². The molecule has 120 valence electrons. The number of hydrogen-bond acceptors (Lipinski definition) is 3. The van der Waals surface area contributed by atoms with Gasteiger partial charge in [0.25, 0.3) is 0 Å². The third-order valence-electron chi connectivity index (χ3n) is 3.57. The Kier molecular flexibility index (Phi) is 8.55. The number of guanidine groups is 1. The quantitative estimate of drug-likeness (QED) is 0.306. The summed E-state index contributed by atoms with van der Waals surface area (Å²) in [4.78, 5) is 10.4. The topological polar surface area (TPSA) is 49.3 Å². The van der Waals surface area contributed by atoms with E-state index in [-0.39, 0.29) is 24.0 Å². The molecule has 2 rings (SSSR count). The maximum Gasteiger partial charge on any atom is 0.191 e. The minimum Gasteiger partial charge on any atom is -0.357 e. The molecular formula is C15H27IN4S. The van der Waals surface area contributed by atoms with E-state index in [0.717, 1.165) is 35.7 Å². The Morgan fingerprint density at radius 3 is 2.67 bits per heavy atom. The van der Waals surface area contributed by atoms with E-state index in [2.05, 4.69) is 41.4 Å². The largest absolute Gasteiger partial charge is 0.357 e. The summed E-state index contributed by atoms with van der Waals surface area (Å²) in [5.74, 6) is 1.92. The normalized spacial score (nSPS) is 14.7. The molecule has 1 heterocycles. The second-order valence-electron chi connectivity index (χ2n) is 5.46. The summed E-state index contributed by atoms with van der Waals surface area (Å²) in [6, 6.07) is 0. The van der Waals surface area contributed by atoms with Crippen molar-refractivity contribution in [3.63, 3.8) is 0 Å². The first-order valence-electron chi connectivity index (χ1n) is 7.64. The minimum absolute atomic E-state index is 0. The van der Waals surface area contributed by atoms with Crippen molar-refractivity contribution in [2.75, 3.05) is 13.1 Å². The fourth-order valence-electron chi connectivity index (χ4n) is 2.10. The van der Waals surface area contributed by atoms with Crippen molar-refractivity contribution in [2.45, 2.75) is 53.0 Å². The van der Waals surface area contributed by atoms with Gasteiger partial charge < -0.3 is 10.6 Å². The lowest BCUT2D eigenvalue weighted by Crippen LogP contribution is -2.37. The molecule has 2 N–H and O–H groups in total. The Hall–Kier alpha value is -0.370. The number of nitrogens with zero attached hydrogens (tertiary/aromatic N) is 2. The number of halogens is 1. The van der Waals surface area contributed by atoms with Crippen LogP contribution in [0.5, 0.6) is 0 Å². The van der Waals surface area contributed by atoms with Crippen molar-refractivity contribution in [1.29, 1.82) is 0 Å². The van der Waals surface area contributed by atoms with Gasteiger partial charge in [-0.3, -0.25) is 0 Å².